The molecule has 1 aromatic carbocycles. The van der Waals surface area contributed by atoms with Crippen LogP contribution in [0.15, 0.2) is 24.3 Å². The number of anilines is 1. The van der Waals surface area contributed by atoms with E-state index >= 15 is 0 Å². The lowest BCUT2D eigenvalue weighted by Gasteiger charge is -2.31. The van der Waals surface area contributed by atoms with Crippen LogP contribution >= 0.6 is 0 Å². The van der Waals surface area contributed by atoms with Gasteiger partial charge in [-0.15, -0.1) is 0 Å². The van der Waals surface area contributed by atoms with Gasteiger partial charge >= 0.3 is 0 Å². The monoisotopic (exact) mass is 235 g/mol. The molecule has 1 atom stereocenters. The molecule has 0 spiro atoms. The highest BCUT2D eigenvalue weighted by atomic mass is 16.3. The van der Waals surface area contributed by atoms with Crippen molar-refractivity contribution in [3.05, 3.63) is 24.3 Å². The van der Waals surface area contributed by atoms with E-state index in [2.05, 4.69) is 0 Å². The Kier molecular flexibility index (Phi) is 3.19. The van der Waals surface area contributed by atoms with Crippen LogP contribution in [0.3, 0.4) is 0 Å². The minimum Gasteiger partial charge on any atom is -0.508 e. The van der Waals surface area contributed by atoms with E-state index in [9.17, 15) is 9.90 Å². The SMILES string of the molecule is CC(N)CN1C(=O)CCN1c1cccc(O)c1. The molecule has 17 heavy (non-hydrogen) atoms. The van der Waals surface area contributed by atoms with Gasteiger partial charge in [0, 0.05) is 25.1 Å². The van der Waals surface area contributed by atoms with Gasteiger partial charge in [0.05, 0.1) is 12.2 Å². The molecule has 1 saturated heterocycles. The summed E-state index contributed by atoms with van der Waals surface area (Å²) in [5.41, 5.74) is 6.55. The Morgan fingerprint density at radius 3 is 2.94 bits per heavy atom. The second-order valence-corrected chi connectivity index (χ2v) is 4.35. The molecule has 2 rings (SSSR count). The Morgan fingerprint density at radius 1 is 1.53 bits per heavy atom. The number of rotatable bonds is 3. The van der Waals surface area contributed by atoms with Gasteiger partial charge in [0.25, 0.3) is 0 Å². The van der Waals surface area contributed by atoms with E-state index in [1.165, 1.54) is 0 Å². The van der Waals surface area contributed by atoms with Gasteiger partial charge in [0.2, 0.25) is 5.91 Å². The number of nitrogens with zero attached hydrogens (tertiary/aromatic N) is 2. The third-order valence-corrected chi connectivity index (χ3v) is 2.71. The maximum absolute atomic E-state index is 11.7. The number of benzene rings is 1. The maximum atomic E-state index is 11.7. The Labute approximate surface area is 100 Å². The summed E-state index contributed by atoms with van der Waals surface area (Å²) in [6, 6.07) is 6.81. The van der Waals surface area contributed by atoms with Gasteiger partial charge < -0.3 is 10.8 Å². The summed E-state index contributed by atoms with van der Waals surface area (Å²) in [6.45, 7) is 3.00. The predicted octanol–water partition coefficient (Wildman–Crippen LogP) is 0.693. The third-order valence-electron chi connectivity index (χ3n) is 2.71. The molecule has 1 unspecified atom stereocenters. The Morgan fingerprint density at radius 2 is 2.29 bits per heavy atom. The first-order chi connectivity index (χ1) is 8.08. The zero-order chi connectivity index (χ0) is 12.4. The molecule has 1 aliphatic heterocycles. The molecule has 0 aliphatic carbocycles. The number of carbonyl (C=O) groups is 1. The fourth-order valence-corrected chi connectivity index (χ4v) is 1.98. The van der Waals surface area contributed by atoms with Crippen molar-refractivity contribution in [2.45, 2.75) is 19.4 Å². The number of carbonyl (C=O) groups excluding carboxylic acids is 1. The molecular formula is C12H17N3O2. The first-order valence-corrected chi connectivity index (χ1v) is 5.70. The van der Waals surface area contributed by atoms with Gasteiger partial charge in [-0.05, 0) is 19.1 Å². The van der Waals surface area contributed by atoms with Gasteiger partial charge in [-0.1, -0.05) is 6.07 Å². The van der Waals surface area contributed by atoms with E-state index in [1.807, 2.05) is 18.0 Å². The zero-order valence-electron chi connectivity index (χ0n) is 9.84. The number of phenols is 1. The average molecular weight is 235 g/mol. The number of amides is 1. The summed E-state index contributed by atoms with van der Waals surface area (Å²) in [5.74, 6) is 0.272. The van der Waals surface area contributed by atoms with Crippen LogP contribution in [-0.4, -0.2) is 35.2 Å². The van der Waals surface area contributed by atoms with E-state index in [0.717, 1.165) is 5.69 Å². The van der Waals surface area contributed by atoms with Gasteiger partial charge in [-0.2, -0.15) is 0 Å². The lowest BCUT2D eigenvalue weighted by atomic mass is 10.3. The maximum Gasteiger partial charge on any atom is 0.242 e. The van der Waals surface area contributed by atoms with E-state index < -0.39 is 0 Å². The van der Waals surface area contributed by atoms with Crippen LogP contribution in [-0.2, 0) is 4.79 Å². The molecular weight excluding hydrogens is 218 g/mol. The number of nitrogens with two attached hydrogens (primary N) is 1. The third kappa shape index (κ3) is 2.50. The van der Waals surface area contributed by atoms with Crippen LogP contribution in [0, 0.1) is 0 Å². The minimum absolute atomic E-state index is 0.0724. The molecule has 92 valence electrons. The van der Waals surface area contributed by atoms with E-state index in [4.69, 9.17) is 5.73 Å². The number of phenolic OH excluding ortho intramolecular Hbond substituents is 1. The first-order valence-electron chi connectivity index (χ1n) is 5.70. The van der Waals surface area contributed by atoms with Crippen LogP contribution in [0.1, 0.15) is 13.3 Å². The van der Waals surface area contributed by atoms with Crippen molar-refractivity contribution >= 4 is 11.6 Å². The van der Waals surface area contributed by atoms with Crippen molar-refractivity contribution in [3.8, 4) is 5.75 Å². The Hall–Kier alpha value is -1.75. The first kappa shape index (κ1) is 11.7. The molecule has 5 heteroatoms. The fraction of sp³-hybridized carbons (Fsp3) is 0.417. The summed E-state index contributed by atoms with van der Waals surface area (Å²) >= 11 is 0. The lowest BCUT2D eigenvalue weighted by molar-refractivity contribution is -0.128. The molecule has 1 fully saturated rings. The topological polar surface area (TPSA) is 69.8 Å². The number of hydrogen-bond donors (Lipinski definition) is 2. The summed E-state index contributed by atoms with van der Waals surface area (Å²) in [5, 5.41) is 13.0. The smallest absolute Gasteiger partial charge is 0.242 e. The quantitative estimate of drug-likeness (QED) is 0.809. The number of hydrogen-bond acceptors (Lipinski definition) is 4. The molecule has 3 N–H and O–H groups in total. The molecule has 0 saturated carbocycles. The normalized spacial score (nSPS) is 17.6. The second-order valence-electron chi connectivity index (χ2n) is 4.35. The second kappa shape index (κ2) is 4.63. The predicted molar refractivity (Wildman–Crippen MR) is 65.4 cm³/mol. The van der Waals surface area contributed by atoms with Gasteiger partial charge in [0.1, 0.15) is 5.75 Å². The van der Waals surface area contributed by atoms with Crippen molar-refractivity contribution in [3.63, 3.8) is 0 Å². The van der Waals surface area contributed by atoms with E-state index in [-0.39, 0.29) is 17.7 Å². The molecule has 1 aliphatic rings. The van der Waals surface area contributed by atoms with Crippen molar-refractivity contribution in [1.82, 2.24) is 5.01 Å². The number of aromatic hydroxyl groups is 1. The van der Waals surface area contributed by atoms with E-state index in [1.54, 1.807) is 23.2 Å². The minimum atomic E-state index is -0.0724. The van der Waals surface area contributed by atoms with Gasteiger partial charge in [-0.3, -0.25) is 14.8 Å². The Bertz CT molecular complexity index is 420. The molecule has 5 nitrogen and oxygen atoms in total. The van der Waals surface area contributed by atoms with E-state index in [0.29, 0.717) is 19.5 Å². The molecule has 0 bridgehead atoms. The van der Waals surface area contributed by atoms with Crippen molar-refractivity contribution < 1.29 is 9.90 Å². The standard InChI is InChI=1S/C12H17N3O2/c1-9(13)8-15-12(17)5-6-14(15)10-3-2-4-11(16)7-10/h2-4,7,9,16H,5-6,8,13H2,1H3. The fourth-order valence-electron chi connectivity index (χ4n) is 1.98. The molecule has 0 aromatic heterocycles. The summed E-state index contributed by atoms with van der Waals surface area (Å²) in [4.78, 5) is 11.7. The van der Waals surface area contributed by atoms with Crippen LogP contribution in [0.4, 0.5) is 5.69 Å². The van der Waals surface area contributed by atoms with Crippen molar-refractivity contribution in [2.24, 2.45) is 5.73 Å². The summed E-state index contributed by atoms with van der Waals surface area (Å²) in [6.07, 6.45) is 0.488. The highest BCUT2D eigenvalue weighted by molar-refractivity contribution is 5.82. The van der Waals surface area contributed by atoms with Crippen LogP contribution < -0.4 is 10.7 Å². The van der Waals surface area contributed by atoms with Gasteiger partial charge in [-0.25, -0.2) is 0 Å². The number of hydrazine groups is 1. The molecule has 0 radical (unpaired) electrons. The largest absolute Gasteiger partial charge is 0.508 e. The summed E-state index contributed by atoms with van der Waals surface area (Å²) in [7, 11) is 0. The van der Waals surface area contributed by atoms with Crippen LogP contribution in [0.2, 0.25) is 0 Å². The Balaban J connectivity index is 2.22. The van der Waals surface area contributed by atoms with Gasteiger partial charge in [0.15, 0.2) is 0 Å². The lowest BCUT2D eigenvalue weighted by Crippen LogP contribution is -2.45. The zero-order valence-corrected chi connectivity index (χ0v) is 9.84. The van der Waals surface area contributed by atoms with Crippen molar-refractivity contribution in [1.29, 1.82) is 0 Å². The molecule has 1 amide bonds. The van der Waals surface area contributed by atoms with Crippen LogP contribution in [0.25, 0.3) is 0 Å². The highest BCUT2D eigenvalue weighted by Gasteiger charge is 2.29. The summed E-state index contributed by atoms with van der Waals surface area (Å²) < 4.78 is 0. The molecule has 1 aromatic rings. The highest BCUT2D eigenvalue weighted by Crippen LogP contribution is 2.25. The molecule has 1 heterocycles. The average Bonchev–Trinajstić information content (AvgIpc) is 2.60. The van der Waals surface area contributed by atoms with Crippen molar-refractivity contribution in [2.75, 3.05) is 18.1 Å². The van der Waals surface area contributed by atoms with Crippen LogP contribution in [0.5, 0.6) is 5.75 Å².